The minimum absolute atomic E-state index is 0.00920. The second-order valence-corrected chi connectivity index (χ2v) is 10.6. The first-order chi connectivity index (χ1) is 18.0. The fourth-order valence-corrected chi connectivity index (χ4v) is 5.37. The van der Waals surface area contributed by atoms with Gasteiger partial charge in [-0.25, -0.2) is 4.79 Å². The van der Waals surface area contributed by atoms with Gasteiger partial charge in [0.15, 0.2) is 34.7 Å². The predicted octanol–water partition coefficient (Wildman–Crippen LogP) is 3.42. The second kappa shape index (κ2) is 9.13. The average Bonchev–Trinajstić information content (AvgIpc) is 3.35. The summed E-state index contributed by atoms with van der Waals surface area (Å²) >= 11 is 0. The number of fused-ring (bicyclic) bond motifs is 2. The van der Waals surface area contributed by atoms with Gasteiger partial charge in [-0.1, -0.05) is 13.8 Å². The maximum atomic E-state index is 13.5. The highest BCUT2D eigenvalue weighted by atomic mass is 16.7. The Balaban J connectivity index is 1.98. The van der Waals surface area contributed by atoms with Crippen LogP contribution in [0.2, 0.25) is 0 Å². The molecular formula is C28H34O10. The number of aliphatic hydroxyl groups is 2. The van der Waals surface area contributed by atoms with E-state index in [-0.39, 0.29) is 13.4 Å². The van der Waals surface area contributed by atoms with Crippen LogP contribution in [0.25, 0.3) is 11.1 Å². The Morgan fingerprint density at radius 1 is 0.895 bits per heavy atom. The highest BCUT2D eigenvalue weighted by Crippen LogP contribution is 2.59. The van der Waals surface area contributed by atoms with Gasteiger partial charge in [0.1, 0.15) is 5.60 Å². The molecule has 0 fully saturated rings. The normalized spacial score (nSPS) is 29.7. The van der Waals surface area contributed by atoms with E-state index in [1.54, 1.807) is 19.9 Å². The Hall–Kier alpha value is -3.37. The van der Waals surface area contributed by atoms with E-state index in [2.05, 4.69) is 0 Å². The van der Waals surface area contributed by atoms with Crippen molar-refractivity contribution in [1.82, 2.24) is 0 Å². The molecule has 206 valence electrons. The van der Waals surface area contributed by atoms with E-state index >= 15 is 0 Å². The van der Waals surface area contributed by atoms with Crippen molar-refractivity contribution in [3.63, 3.8) is 0 Å². The lowest BCUT2D eigenvalue weighted by Gasteiger charge is -2.41. The fraction of sp³-hybridized carbons (Fsp3) is 0.536. The number of ether oxygens (including phenoxy) is 7. The molecule has 0 unspecified atom stereocenters. The van der Waals surface area contributed by atoms with Gasteiger partial charge in [0, 0.05) is 22.6 Å². The SMILES string of the molecule is COc1cc2c(c(OC)c1OC)-c1c3cc4c(c1OC[C@@H](C)[C@@](C)(O)C(=O)O[C@@H]2[C@@](C)(O)[C@H](C)C3)OCO4. The number of hydrogen-bond acceptors (Lipinski definition) is 10. The van der Waals surface area contributed by atoms with Crippen LogP contribution in [-0.4, -0.2) is 62.1 Å². The number of methoxy groups -OCH3 is 3. The lowest BCUT2D eigenvalue weighted by Crippen LogP contribution is -2.49. The van der Waals surface area contributed by atoms with Crippen molar-refractivity contribution < 1.29 is 48.2 Å². The van der Waals surface area contributed by atoms with Crippen molar-refractivity contribution >= 4 is 5.97 Å². The Morgan fingerprint density at radius 2 is 1.61 bits per heavy atom. The number of benzene rings is 2. The zero-order chi connectivity index (χ0) is 27.6. The Bertz CT molecular complexity index is 1280. The van der Waals surface area contributed by atoms with E-state index in [0.717, 1.165) is 5.56 Å². The third-order valence-corrected chi connectivity index (χ3v) is 8.22. The molecule has 2 aromatic carbocycles. The first kappa shape index (κ1) is 26.2. The van der Waals surface area contributed by atoms with Crippen LogP contribution in [0.15, 0.2) is 12.1 Å². The third kappa shape index (κ3) is 3.72. The molecule has 5 atom stereocenters. The molecule has 3 aliphatic rings. The summed E-state index contributed by atoms with van der Waals surface area (Å²) in [4.78, 5) is 13.5. The molecule has 2 N–H and O–H groups in total. The Labute approximate surface area is 221 Å². The van der Waals surface area contributed by atoms with Gasteiger partial charge in [0.05, 0.1) is 27.9 Å². The first-order valence-electron chi connectivity index (χ1n) is 12.5. The third-order valence-electron chi connectivity index (χ3n) is 8.22. The summed E-state index contributed by atoms with van der Waals surface area (Å²) < 4.78 is 41.2. The Morgan fingerprint density at radius 3 is 2.26 bits per heavy atom. The average molecular weight is 531 g/mol. The van der Waals surface area contributed by atoms with Gasteiger partial charge in [-0.05, 0) is 43.9 Å². The van der Waals surface area contributed by atoms with Gasteiger partial charge in [-0.15, -0.1) is 0 Å². The molecule has 0 aromatic heterocycles. The Kier molecular flexibility index (Phi) is 6.30. The molecule has 0 spiro atoms. The van der Waals surface area contributed by atoms with E-state index in [9.17, 15) is 15.0 Å². The molecular weight excluding hydrogens is 496 g/mol. The lowest BCUT2D eigenvalue weighted by molar-refractivity contribution is -0.194. The molecule has 0 saturated carbocycles. The van der Waals surface area contributed by atoms with Crippen molar-refractivity contribution in [2.24, 2.45) is 11.8 Å². The van der Waals surface area contributed by atoms with Crippen LogP contribution >= 0.6 is 0 Å². The number of carbonyl (C=O) groups is 1. The molecule has 10 heteroatoms. The molecule has 2 heterocycles. The van der Waals surface area contributed by atoms with E-state index in [4.69, 9.17) is 33.2 Å². The second-order valence-electron chi connectivity index (χ2n) is 10.6. The summed E-state index contributed by atoms with van der Waals surface area (Å²) in [5.41, 5.74) is -1.15. The summed E-state index contributed by atoms with van der Waals surface area (Å²) in [6.07, 6.45) is -0.830. The van der Waals surface area contributed by atoms with Gasteiger partial charge >= 0.3 is 5.97 Å². The van der Waals surface area contributed by atoms with Crippen molar-refractivity contribution in [3.8, 4) is 45.6 Å². The molecule has 2 aliphatic heterocycles. The van der Waals surface area contributed by atoms with Crippen LogP contribution in [0.4, 0.5) is 0 Å². The molecule has 1 aliphatic carbocycles. The molecule has 38 heavy (non-hydrogen) atoms. The zero-order valence-electron chi connectivity index (χ0n) is 22.7. The maximum absolute atomic E-state index is 13.5. The predicted molar refractivity (Wildman–Crippen MR) is 135 cm³/mol. The molecule has 2 bridgehead atoms. The molecule has 0 saturated heterocycles. The lowest BCUT2D eigenvalue weighted by atomic mass is 9.73. The van der Waals surface area contributed by atoms with E-state index < -0.39 is 35.1 Å². The smallest absolute Gasteiger partial charge is 0.338 e. The summed E-state index contributed by atoms with van der Waals surface area (Å²) in [5, 5.41) is 23.3. The number of hydrogen-bond donors (Lipinski definition) is 2. The quantitative estimate of drug-likeness (QED) is 0.571. The van der Waals surface area contributed by atoms with Gasteiger partial charge in [-0.2, -0.15) is 0 Å². The molecule has 0 radical (unpaired) electrons. The first-order valence-corrected chi connectivity index (χ1v) is 12.5. The number of esters is 1. The molecule has 0 amide bonds. The highest BCUT2D eigenvalue weighted by molar-refractivity contribution is 5.89. The fourth-order valence-electron chi connectivity index (χ4n) is 5.37. The summed E-state index contributed by atoms with van der Waals surface area (Å²) in [7, 11) is 4.47. The van der Waals surface area contributed by atoms with Crippen LogP contribution in [0.1, 0.15) is 44.9 Å². The van der Waals surface area contributed by atoms with E-state index in [1.165, 1.54) is 28.3 Å². The highest BCUT2D eigenvalue weighted by Gasteiger charge is 2.50. The van der Waals surface area contributed by atoms with Gasteiger partial charge in [0.25, 0.3) is 0 Å². The molecule has 10 nitrogen and oxygen atoms in total. The van der Waals surface area contributed by atoms with Crippen LogP contribution < -0.4 is 28.4 Å². The van der Waals surface area contributed by atoms with Crippen molar-refractivity contribution in [2.45, 2.75) is 51.4 Å². The topological polar surface area (TPSA) is 122 Å². The summed E-state index contributed by atoms with van der Waals surface area (Å²) in [5.74, 6) is 0.241. The molecule has 2 aromatic rings. The summed E-state index contributed by atoms with van der Waals surface area (Å²) in [6, 6.07) is 3.54. The van der Waals surface area contributed by atoms with Gasteiger partial charge < -0.3 is 43.4 Å². The minimum Gasteiger partial charge on any atom is -0.493 e. The van der Waals surface area contributed by atoms with E-state index in [1.807, 2.05) is 13.0 Å². The largest absolute Gasteiger partial charge is 0.493 e. The van der Waals surface area contributed by atoms with Crippen molar-refractivity contribution in [1.29, 1.82) is 0 Å². The van der Waals surface area contributed by atoms with Gasteiger partial charge in [-0.3, -0.25) is 0 Å². The molecule has 5 rings (SSSR count). The zero-order valence-corrected chi connectivity index (χ0v) is 22.7. The standard InChI is InChI=1S/C28H34O10/c1-13-8-15-9-18-22(37-12-36-18)24-19(15)20-16(10-17(32-5)21(33-6)23(20)34-7)25(27(13,3)30)38-26(29)28(4,31)14(2)11-35-24/h9-10,13-14,25,30-31H,8,11-12H2,1-7H3/t13-,14-,25+,27+,28-/m1/s1. The number of rotatable bonds is 3. The van der Waals surface area contributed by atoms with Crippen molar-refractivity contribution in [2.75, 3.05) is 34.7 Å². The monoisotopic (exact) mass is 530 g/mol. The van der Waals surface area contributed by atoms with Crippen LogP contribution in [0.3, 0.4) is 0 Å². The maximum Gasteiger partial charge on any atom is 0.338 e. The van der Waals surface area contributed by atoms with Crippen LogP contribution in [0.5, 0.6) is 34.5 Å². The van der Waals surface area contributed by atoms with Crippen molar-refractivity contribution in [3.05, 3.63) is 23.3 Å². The van der Waals surface area contributed by atoms with Gasteiger partial charge in [0.2, 0.25) is 18.3 Å². The minimum atomic E-state index is -1.92. The van der Waals surface area contributed by atoms with Crippen LogP contribution in [-0.2, 0) is 16.0 Å². The van der Waals surface area contributed by atoms with E-state index in [0.29, 0.717) is 57.6 Å². The number of carbonyl (C=O) groups excluding carboxylic acids is 1. The summed E-state index contributed by atoms with van der Waals surface area (Å²) in [6.45, 7) is 6.54. The van der Waals surface area contributed by atoms with Crippen LogP contribution in [0, 0.1) is 11.8 Å².